The van der Waals surface area contributed by atoms with Crippen molar-refractivity contribution < 1.29 is 5.11 Å². The summed E-state index contributed by atoms with van der Waals surface area (Å²) >= 11 is 6.08. The highest BCUT2D eigenvalue weighted by molar-refractivity contribution is 6.32. The molecule has 0 atom stereocenters. The highest BCUT2D eigenvalue weighted by Gasteiger charge is 2.44. The average molecular weight is 238 g/mol. The second-order valence-corrected chi connectivity index (χ2v) is 5.49. The Kier molecular flexibility index (Phi) is 2.20. The zero-order valence-electron chi connectivity index (χ0n) is 9.22. The fourth-order valence-corrected chi connectivity index (χ4v) is 3.00. The lowest BCUT2D eigenvalue weighted by Gasteiger charge is -2.24. The van der Waals surface area contributed by atoms with E-state index in [0.29, 0.717) is 5.02 Å². The molecule has 3 heteroatoms. The Balaban J connectivity index is 2.23. The Morgan fingerprint density at radius 2 is 1.94 bits per heavy atom. The molecule has 86 valence electrons. The summed E-state index contributed by atoms with van der Waals surface area (Å²) in [7, 11) is 0. The van der Waals surface area contributed by atoms with Gasteiger partial charge in [0.15, 0.2) is 0 Å². The van der Waals surface area contributed by atoms with Gasteiger partial charge in [0, 0.05) is 11.1 Å². The van der Waals surface area contributed by atoms with Crippen LogP contribution in [0.5, 0.6) is 5.75 Å². The Bertz CT molecular complexity index is 452. The van der Waals surface area contributed by atoms with Crippen molar-refractivity contribution in [3.8, 4) is 5.75 Å². The molecule has 2 aliphatic carbocycles. The first kappa shape index (κ1) is 10.4. The van der Waals surface area contributed by atoms with Crippen LogP contribution in [-0.4, -0.2) is 5.11 Å². The van der Waals surface area contributed by atoms with Crippen molar-refractivity contribution in [3.05, 3.63) is 27.8 Å². The molecule has 0 radical (unpaired) electrons. The molecular formula is C13H16ClNO. The van der Waals surface area contributed by atoms with E-state index in [0.717, 1.165) is 31.2 Å². The van der Waals surface area contributed by atoms with E-state index < -0.39 is 0 Å². The maximum absolute atomic E-state index is 10.1. The highest BCUT2D eigenvalue weighted by atomic mass is 35.5. The predicted octanol–water partition coefficient (Wildman–Crippen LogP) is 2.87. The van der Waals surface area contributed by atoms with Crippen LogP contribution in [0.15, 0.2) is 6.07 Å². The summed E-state index contributed by atoms with van der Waals surface area (Å²) in [5.74, 6) is 0.224. The Morgan fingerprint density at radius 1 is 1.25 bits per heavy atom. The number of rotatable bonds is 1. The number of aryl methyl sites for hydroxylation is 1. The van der Waals surface area contributed by atoms with Gasteiger partial charge >= 0.3 is 0 Å². The second kappa shape index (κ2) is 3.38. The van der Waals surface area contributed by atoms with Gasteiger partial charge in [0.25, 0.3) is 0 Å². The van der Waals surface area contributed by atoms with E-state index in [1.165, 1.54) is 24.0 Å². The topological polar surface area (TPSA) is 46.2 Å². The molecule has 0 spiro atoms. The fraction of sp³-hybridized carbons (Fsp3) is 0.538. The predicted molar refractivity (Wildman–Crippen MR) is 64.9 cm³/mol. The lowest BCUT2D eigenvalue weighted by molar-refractivity contribution is 0.456. The minimum absolute atomic E-state index is 0.224. The summed E-state index contributed by atoms with van der Waals surface area (Å²) in [4.78, 5) is 0. The van der Waals surface area contributed by atoms with Crippen LogP contribution in [0.1, 0.15) is 42.4 Å². The minimum atomic E-state index is -0.295. The zero-order valence-corrected chi connectivity index (χ0v) is 9.98. The van der Waals surface area contributed by atoms with E-state index in [-0.39, 0.29) is 11.3 Å². The number of hydrogen-bond donors (Lipinski definition) is 2. The summed E-state index contributed by atoms with van der Waals surface area (Å²) < 4.78 is 0. The molecule has 0 heterocycles. The fourth-order valence-electron chi connectivity index (χ4n) is 2.78. The molecule has 1 saturated carbocycles. The van der Waals surface area contributed by atoms with Crippen LogP contribution in [0.2, 0.25) is 5.02 Å². The van der Waals surface area contributed by atoms with Gasteiger partial charge in [-0.25, -0.2) is 0 Å². The number of phenols is 1. The summed E-state index contributed by atoms with van der Waals surface area (Å²) in [6, 6.07) is 1.92. The number of hydrogen-bond acceptors (Lipinski definition) is 2. The Labute approximate surface area is 100 Å². The molecular weight excluding hydrogens is 222 g/mol. The summed E-state index contributed by atoms with van der Waals surface area (Å²) in [5, 5.41) is 10.6. The number of fused-ring (bicyclic) bond motifs is 1. The second-order valence-electron chi connectivity index (χ2n) is 5.08. The van der Waals surface area contributed by atoms with E-state index in [9.17, 15) is 5.11 Å². The average Bonchev–Trinajstić information content (AvgIpc) is 2.99. The maximum atomic E-state index is 10.1. The monoisotopic (exact) mass is 237 g/mol. The third kappa shape index (κ3) is 1.44. The van der Waals surface area contributed by atoms with Gasteiger partial charge in [-0.1, -0.05) is 11.6 Å². The third-order valence-electron chi connectivity index (χ3n) is 3.86. The van der Waals surface area contributed by atoms with Crippen molar-refractivity contribution in [1.29, 1.82) is 0 Å². The largest absolute Gasteiger partial charge is 0.506 e. The summed E-state index contributed by atoms with van der Waals surface area (Å²) in [6.45, 7) is 0. The number of aromatic hydroxyl groups is 1. The molecule has 3 N–H and O–H groups in total. The lowest BCUT2D eigenvalue weighted by atomic mass is 9.84. The van der Waals surface area contributed by atoms with Crippen LogP contribution in [0.3, 0.4) is 0 Å². The smallest absolute Gasteiger partial charge is 0.139 e. The molecule has 0 aromatic heterocycles. The molecule has 0 saturated heterocycles. The first-order chi connectivity index (χ1) is 7.62. The van der Waals surface area contributed by atoms with Crippen molar-refractivity contribution in [2.75, 3.05) is 0 Å². The number of benzene rings is 1. The van der Waals surface area contributed by atoms with E-state index >= 15 is 0 Å². The standard InChI is InChI=1S/C13H16ClNO/c14-10-7-8-3-1-2-4-9(8)11(12(10)16)13(15)5-6-13/h7,16H,1-6,15H2. The molecule has 2 aliphatic rings. The van der Waals surface area contributed by atoms with Crippen LogP contribution in [0.25, 0.3) is 0 Å². The van der Waals surface area contributed by atoms with Crippen molar-refractivity contribution >= 4 is 11.6 Å². The van der Waals surface area contributed by atoms with Gasteiger partial charge in [-0.3, -0.25) is 0 Å². The van der Waals surface area contributed by atoms with Gasteiger partial charge in [0.1, 0.15) is 5.75 Å². The van der Waals surface area contributed by atoms with Gasteiger partial charge in [-0.15, -0.1) is 0 Å². The van der Waals surface area contributed by atoms with Gasteiger partial charge in [-0.2, -0.15) is 0 Å². The molecule has 0 aliphatic heterocycles. The van der Waals surface area contributed by atoms with Gasteiger partial charge in [0.2, 0.25) is 0 Å². The van der Waals surface area contributed by atoms with Crippen molar-refractivity contribution in [2.45, 2.75) is 44.1 Å². The summed E-state index contributed by atoms with van der Waals surface area (Å²) in [5.41, 5.74) is 9.45. The van der Waals surface area contributed by atoms with Crippen LogP contribution in [-0.2, 0) is 18.4 Å². The lowest BCUT2D eigenvalue weighted by Crippen LogP contribution is -2.23. The van der Waals surface area contributed by atoms with Gasteiger partial charge in [0.05, 0.1) is 5.02 Å². The number of phenolic OH excluding ortho intramolecular Hbond substituents is 1. The molecule has 0 amide bonds. The van der Waals surface area contributed by atoms with E-state index in [1.807, 2.05) is 6.07 Å². The third-order valence-corrected chi connectivity index (χ3v) is 4.15. The van der Waals surface area contributed by atoms with Crippen LogP contribution in [0.4, 0.5) is 0 Å². The van der Waals surface area contributed by atoms with E-state index in [4.69, 9.17) is 17.3 Å². The minimum Gasteiger partial charge on any atom is -0.506 e. The van der Waals surface area contributed by atoms with E-state index in [2.05, 4.69) is 0 Å². The molecule has 1 fully saturated rings. The van der Waals surface area contributed by atoms with Gasteiger partial charge in [-0.05, 0) is 55.7 Å². The number of halogens is 1. The van der Waals surface area contributed by atoms with Crippen LogP contribution < -0.4 is 5.73 Å². The SMILES string of the molecule is NC1(c2c(O)c(Cl)cc3c2CCCC3)CC1. The molecule has 0 unspecified atom stereocenters. The molecule has 16 heavy (non-hydrogen) atoms. The Morgan fingerprint density at radius 3 is 2.62 bits per heavy atom. The first-order valence-electron chi connectivity index (χ1n) is 5.94. The first-order valence-corrected chi connectivity index (χ1v) is 6.32. The quantitative estimate of drug-likeness (QED) is 0.789. The normalized spacial score (nSPS) is 21.6. The van der Waals surface area contributed by atoms with Crippen molar-refractivity contribution in [3.63, 3.8) is 0 Å². The molecule has 3 rings (SSSR count). The highest BCUT2D eigenvalue weighted by Crippen LogP contribution is 2.51. The van der Waals surface area contributed by atoms with Crippen molar-refractivity contribution in [1.82, 2.24) is 0 Å². The molecule has 2 nitrogen and oxygen atoms in total. The molecule has 0 bridgehead atoms. The Hall–Kier alpha value is -0.730. The van der Waals surface area contributed by atoms with Crippen molar-refractivity contribution in [2.24, 2.45) is 5.73 Å². The van der Waals surface area contributed by atoms with Crippen LogP contribution in [0, 0.1) is 0 Å². The van der Waals surface area contributed by atoms with E-state index in [1.54, 1.807) is 0 Å². The van der Waals surface area contributed by atoms with Gasteiger partial charge < -0.3 is 10.8 Å². The zero-order chi connectivity index (χ0) is 11.3. The molecule has 1 aromatic carbocycles. The summed E-state index contributed by atoms with van der Waals surface area (Å²) in [6.07, 6.45) is 6.44. The molecule has 1 aromatic rings. The maximum Gasteiger partial charge on any atom is 0.139 e. The van der Waals surface area contributed by atoms with Crippen LogP contribution >= 0.6 is 11.6 Å². The number of nitrogens with two attached hydrogens (primary N) is 1.